The molecule has 0 aromatic heterocycles. The third kappa shape index (κ3) is 3.46. The van der Waals surface area contributed by atoms with Crippen molar-refractivity contribution in [3.63, 3.8) is 0 Å². The Morgan fingerprint density at radius 1 is 1.24 bits per heavy atom. The van der Waals surface area contributed by atoms with Crippen LogP contribution < -0.4 is 16.4 Å². The molecule has 1 heterocycles. The van der Waals surface area contributed by atoms with Crippen LogP contribution in [0, 0.1) is 0 Å². The molecule has 0 radical (unpaired) electrons. The molecule has 0 saturated carbocycles. The Hall–Kier alpha value is -2.22. The number of anilines is 1. The van der Waals surface area contributed by atoms with Gasteiger partial charge in [-0.25, -0.2) is 9.59 Å². The van der Waals surface area contributed by atoms with Crippen LogP contribution in [0.1, 0.15) is 16.8 Å². The number of hydrogen-bond donors (Lipinski definition) is 4. The molecule has 0 spiro atoms. The van der Waals surface area contributed by atoms with E-state index >= 15 is 0 Å². The number of carboxylic acids is 1. The summed E-state index contributed by atoms with van der Waals surface area (Å²) in [7, 11) is 0. The van der Waals surface area contributed by atoms with Gasteiger partial charge in [-0.15, -0.1) is 0 Å². The van der Waals surface area contributed by atoms with Gasteiger partial charge in [-0.2, -0.15) is 11.8 Å². The number of nitrogens with two attached hydrogens (primary N) is 1. The Morgan fingerprint density at radius 2 is 1.90 bits per heavy atom. The fraction of sp³-hybridized carbons (Fsp3) is 0.308. The van der Waals surface area contributed by atoms with Crippen LogP contribution in [0.3, 0.4) is 0 Å². The molecular formula is C13H15N3O4S. The number of urea groups is 1. The number of thioether (sulfide) groups is 1. The number of nitrogens with one attached hydrogen (secondary N) is 2. The van der Waals surface area contributed by atoms with Crippen molar-refractivity contribution in [3.8, 4) is 0 Å². The summed E-state index contributed by atoms with van der Waals surface area (Å²) in [6.45, 7) is 0. The Bertz CT molecular complexity index is 567. The minimum absolute atomic E-state index is 0.322. The third-order valence-corrected chi connectivity index (χ3v) is 4.39. The van der Waals surface area contributed by atoms with E-state index < -0.39 is 23.4 Å². The van der Waals surface area contributed by atoms with Gasteiger partial charge in [0.15, 0.2) is 0 Å². The summed E-state index contributed by atoms with van der Waals surface area (Å²) in [5.74, 6) is -0.415. The fourth-order valence-electron chi connectivity index (χ4n) is 2.02. The average molecular weight is 309 g/mol. The second kappa shape index (κ2) is 6.04. The SMILES string of the molecule is NC(=O)Nc1ccc(C(=O)NC2(C(=O)O)CCSC2)cc1. The molecule has 0 aliphatic carbocycles. The van der Waals surface area contributed by atoms with E-state index in [2.05, 4.69) is 10.6 Å². The van der Waals surface area contributed by atoms with Gasteiger partial charge < -0.3 is 21.5 Å². The van der Waals surface area contributed by atoms with Crippen molar-refractivity contribution >= 4 is 35.4 Å². The van der Waals surface area contributed by atoms with E-state index in [-0.39, 0.29) is 0 Å². The molecule has 1 aromatic rings. The summed E-state index contributed by atoms with van der Waals surface area (Å²) in [5.41, 5.74) is 4.57. The number of rotatable bonds is 4. The molecule has 112 valence electrons. The zero-order valence-corrected chi connectivity index (χ0v) is 11.9. The maximum atomic E-state index is 12.1. The van der Waals surface area contributed by atoms with Crippen LogP contribution in [0.15, 0.2) is 24.3 Å². The lowest BCUT2D eigenvalue weighted by Crippen LogP contribution is -2.54. The Morgan fingerprint density at radius 3 is 2.38 bits per heavy atom. The van der Waals surface area contributed by atoms with Crippen molar-refractivity contribution in [2.75, 3.05) is 16.8 Å². The third-order valence-electron chi connectivity index (χ3n) is 3.20. The van der Waals surface area contributed by atoms with Gasteiger partial charge in [0.1, 0.15) is 5.54 Å². The summed E-state index contributed by atoms with van der Waals surface area (Å²) in [6.07, 6.45) is 0.403. The van der Waals surface area contributed by atoms with E-state index in [9.17, 15) is 19.5 Å². The van der Waals surface area contributed by atoms with E-state index in [1.54, 1.807) is 0 Å². The molecule has 3 amide bonds. The second-order valence-electron chi connectivity index (χ2n) is 4.71. The molecular weight excluding hydrogens is 294 g/mol. The molecule has 7 nitrogen and oxygen atoms in total. The maximum absolute atomic E-state index is 12.1. The number of aliphatic carboxylic acids is 1. The number of carboxylic acid groups (broad SMARTS) is 1. The van der Waals surface area contributed by atoms with Crippen LogP contribution in [0.5, 0.6) is 0 Å². The zero-order chi connectivity index (χ0) is 15.5. The standard InChI is InChI=1S/C13H15N3O4S/c14-12(20)15-9-3-1-8(2-4-9)10(17)16-13(11(18)19)5-6-21-7-13/h1-4H,5-7H2,(H,16,17)(H,18,19)(H3,14,15,20). The fourth-order valence-corrected chi connectivity index (χ4v) is 3.35. The lowest BCUT2D eigenvalue weighted by Gasteiger charge is -2.24. The summed E-state index contributed by atoms with van der Waals surface area (Å²) in [5, 5.41) is 14.3. The predicted molar refractivity (Wildman–Crippen MR) is 79.4 cm³/mol. The quantitative estimate of drug-likeness (QED) is 0.657. The highest BCUT2D eigenvalue weighted by atomic mass is 32.2. The van der Waals surface area contributed by atoms with Crippen LogP contribution >= 0.6 is 11.8 Å². The molecule has 5 N–H and O–H groups in total. The molecule has 1 aliphatic rings. The normalized spacial score (nSPS) is 20.8. The number of benzene rings is 1. The van der Waals surface area contributed by atoms with Crippen molar-refractivity contribution in [3.05, 3.63) is 29.8 Å². The Balaban J connectivity index is 2.09. The first kappa shape index (κ1) is 15.2. The summed E-state index contributed by atoms with van der Waals surface area (Å²) in [4.78, 5) is 34.2. The highest BCUT2D eigenvalue weighted by Gasteiger charge is 2.43. The molecule has 8 heteroatoms. The predicted octanol–water partition coefficient (Wildman–Crippen LogP) is 0.867. The van der Waals surface area contributed by atoms with Gasteiger partial charge in [-0.3, -0.25) is 4.79 Å². The van der Waals surface area contributed by atoms with Crippen LogP contribution in [-0.2, 0) is 4.79 Å². The van der Waals surface area contributed by atoms with Crippen LogP contribution in [0.4, 0.5) is 10.5 Å². The second-order valence-corrected chi connectivity index (χ2v) is 5.82. The van der Waals surface area contributed by atoms with Crippen molar-refractivity contribution < 1.29 is 19.5 Å². The average Bonchev–Trinajstić information content (AvgIpc) is 2.88. The van der Waals surface area contributed by atoms with E-state index in [1.165, 1.54) is 36.0 Å². The van der Waals surface area contributed by atoms with Gasteiger partial charge in [-0.1, -0.05) is 0 Å². The van der Waals surface area contributed by atoms with Gasteiger partial charge in [0.05, 0.1) is 0 Å². The van der Waals surface area contributed by atoms with Gasteiger partial charge in [0.25, 0.3) is 5.91 Å². The molecule has 1 atom stereocenters. The van der Waals surface area contributed by atoms with Crippen LogP contribution in [0.2, 0.25) is 0 Å². The Kier molecular flexibility index (Phi) is 4.37. The van der Waals surface area contributed by atoms with Gasteiger partial charge >= 0.3 is 12.0 Å². The summed E-state index contributed by atoms with van der Waals surface area (Å²) < 4.78 is 0. The van der Waals surface area contributed by atoms with Gasteiger partial charge in [0, 0.05) is 17.0 Å². The molecule has 1 aromatic carbocycles. The topological polar surface area (TPSA) is 122 Å². The number of hydrogen-bond acceptors (Lipinski definition) is 4. The van der Waals surface area contributed by atoms with Crippen LogP contribution in [0.25, 0.3) is 0 Å². The first-order chi connectivity index (χ1) is 9.93. The molecule has 0 bridgehead atoms. The highest BCUT2D eigenvalue weighted by molar-refractivity contribution is 7.99. The Labute approximate surface area is 125 Å². The van der Waals surface area contributed by atoms with Gasteiger partial charge in [-0.05, 0) is 36.4 Å². The minimum atomic E-state index is -1.20. The highest BCUT2D eigenvalue weighted by Crippen LogP contribution is 2.28. The smallest absolute Gasteiger partial charge is 0.330 e. The lowest BCUT2D eigenvalue weighted by atomic mass is 9.98. The molecule has 1 saturated heterocycles. The number of amides is 3. The summed E-state index contributed by atoms with van der Waals surface area (Å²) in [6, 6.07) is 5.35. The molecule has 2 rings (SSSR count). The summed E-state index contributed by atoms with van der Waals surface area (Å²) >= 11 is 1.50. The lowest BCUT2D eigenvalue weighted by molar-refractivity contribution is -0.143. The van der Waals surface area contributed by atoms with E-state index in [1.807, 2.05) is 0 Å². The number of carbonyl (C=O) groups is 3. The van der Waals surface area contributed by atoms with Crippen molar-refractivity contribution in [2.45, 2.75) is 12.0 Å². The first-order valence-electron chi connectivity index (χ1n) is 6.23. The molecule has 1 unspecified atom stereocenters. The van der Waals surface area contributed by atoms with Crippen LogP contribution in [-0.4, -0.2) is 40.1 Å². The van der Waals surface area contributed by atoms with E-state index in [0.29, 0.717) is 29.2 Å². The minimum Gasteiger partial charge on any atom is -0.479 e. The van der Waals surface area contributed by atoms with E-state index in [0.717, 1.165) is 0 Å². The number of primary amides is 1. The largest absolute Gasteiger partial charge is 0.479 e. The van der Waals surface area contributed by atoms with Crippen molar-refractivity contribution in [1.29, 1.82) is 0 Å². The van der Waals surface area contributed by atoms with Crippen molar-refractivity contribution in [2.24, 2.45) is 5.73 Å². The molecule has 21 heavy (non-hydrogen) atoms. The molecule has 1 aliphatic heterocycles. The first-order valence-corrected chi connectivity index (χ1v) is 7.39. The number of carbonyl (C=O) groups excluding carboxylic acids is 2. The monoisotopic (exact) mass is 309 g/mol. The van der Waals surface area contributed by atoms with Crippen molar-refractivity contribution in [1.82, 2.24) is 5.32 Å². The zero-order valence-electron chi connectivity index (χ0n) is 11.1. The van der Waals surface area contributed by atoms with E-state index in [4.69, 9.17) is 5.73 Å². The molecule has 1 fully saturated rings. The van der Waals surface area contributed by atoms with Gasteiger partial charge in [0.2, 0.25) is 0 Å². The maximum Gasteiger partial charge on any atom is 0.330 e.